The summed E-state index contributed by atoms with van der Waals surface area (Å²) < 4.78 is 5.02. The molecule has 0 bridgehead atoms. The van der Waals surface area contributed by atoms with Gasteiger partial charge in [0.05, 0.1) is 6.04 Å². The number of carbonyl (C=O) groups is 4. The molecule has 5 N–H and O–H groups in total. The van der Waals surface area contributed by atoms with E-state index in [0.29, 0.717) is 0 Å². The molecule has 152 valence electrons. The van der Waals surface area contributed by atoms with Crippen LogP contribution in [0.4, 0.5) is 0 Å². The van der Waals surface area contributed by atoms with Gasteiger partial charge in [0, 0.05) is 6.04 Å². The molecule has 0 aromatic heterocycles. The summed E-state index contributed by atoms with van der Waals surface area (Å²) in [6.45, 7) is 5.35. The van der Waals surface area contributed by atoms with Crippen LogP contribution in [0.2, 0.25) is 0 Å². The highest BCUT2D eigenvalue weighted by molar-refractivity contribution is 5.94. The number of ether oxygens (including phenoxy) is 1. The minimum Gasteiger partial charge on any atom is -0.480 e. The van der Waals surface area contributed by atoms with E-state index >= 15 is 0 Å². The first-order valence-electron chi connectivity index (χ1n) is 9.45. The van der Waals surface area contributed by atoms with Crippen LogP contribution in [0.1, 0.15) is 46.5 Å². The second-order valence-corrected chi connectivity index (χ2v) is 7.65. The van der Waals surface area contributed by atoms with Crippen molar-refractivity contribution < 1.29 is 29.0 Å². The second-order valence-electron chi connectivity index (χ2n) is 7.65. The first-order valence-corrected chi connectivity index (χ1v) is 9.45. The summed E-state index contributed by atoms with van der Waals surface area (Å²) in [6, 6.07) is -2.04. The molecule has 1 heterocycles. The molecule has 0 aromatic carbocycles. The largest absolute Gasteiger partial charge is 0.480 e. The standard InChI is InChI=1S/C18H29N3O6/c1-4-8(2)13-14(27-18(13)26)16(23)20-11-6-5-10(11)7-12(17(24)25)21-15(22)9(3)19/h8-14H,4-7,19H2,1-3H3,(H,20,23)(H,21,22)(H,24,25)/t8-,9-,10+,11-,12-,13-,14+/m0/s1. The number of hydrogen-bond acceptors (Lipinski definition) is 6. The number of nitrogens with one attached hydrogen (secondary N) is 2. The molecule has 0 aromatic rings. The van der Waals surface area contributed by atoms with Gasteiger partial charge >= 0.3 is 11.9 Å². The molecule has 1 saturated heterocycles. The fourth-order valence-corrected chi connectivity index (χ4v) is 3.46. The van der Waals surface area contributed by atoms with E-state index in [9.17, 15) is 24.3 Å². The first kappa shape index (κ1) is 21.1. The van der Waals surface area contributed by atoms with E-state index in [0.717, 1.165) is 19.3 Å². The van der Waals surface area contributed by atoms with E-state index in [4.69, 9.17) is 10.5 Å². The van der Waals surface area contributed by atoms with E-state index in [2.05, 4.69) is 10.6 Å². The molecule has 0 spiro atoms. The van der Waals surface area contributed by atoms with Crippen LogP contribution in [0.25, 0.3) is 0 Å². The number of esters is 1. The summed E-state index contributed by atoms with van der Waals surface area (Å²) >= 11 is 0. The van der Waals surface area contributed by atoms with Gasteiger partial charge in [-0.25, -0.2) is 4.79 Å². The fraction of sp³-hybridized carbons (Fsp3) is 0.778. The Kier molecular flexibility index (Phi) is 6.80. The van der Waals surface area contributed by atoms with Crippen molar-refractivity contribution in [1.29, 1.82) is 0 Å². The molecule has 1 saturated carbocycles. The number of carboxylic acids is 1. The Labute approximate surface area is 158 Å². The molecule has 2 fully saturated rings. The lowest BCUT2D eigenvalue weighted by Crippen LogP contribution is -2.60. The SMILES string of the molecule is CC[C@H](C)[C@@H]1C(=O)O[C@H]1C(=O)N[C@H]1CC[C@@H]1C[C@H](NC(=O)[C@H](C)N)C(=O)O. The van der Waals surface area contributed by atoms with Crippen molar-refractivity contribution in [3.63, 3.8) is 0 Å². The molecule has 1 aliphatic heterocycles. The minimum atomic E-state index is -1.13. The monoisotopic (exact) mass is 383 g/mol. The van der Waals surface area contributed by atoms with Crippen molar-refractivity contribution in [2.75, 3.05) is 0 Å². The molecule has 27 heavy (non-hydrogen) atoms. The van der Waals surface area contributed by atoms with Crippen LogP contribution in [-0.4, -0.2) is 53.1 Å². The van der Waals surface area contributed by atoms with Crippen molar-refractivity contribution in [1.82, 2.24) is 10.6 Å². The van der Waals surface area contributed by atoms with Crippen LogP contribution in [-0.2, 0) is 23.9 Å². The Morgan fingerprint density at radius 2 is 1.96 bits per heavy atom. The molecule has 9 heteroatoms. The summed E-state index contributed by atoms with van der Waals surface area (Å²) in [5.41, 5.74) is 5.47. The fourth-order valence-electron chi connectivity index (χ4n) is 3.46. The van der Waals surface area contributed by atoms with Gasteiger partial charge in [0.2, 0.25) is 5.91 Å². The van der Waals surface area contributed by atoms with Gasteiger partial charge in [-0.3, -0.25) is 14.4 Å². The zero-order chi connectivity index (χ0) is 20.3. The maximum absolute atomic E-state index is 12.4. The van der Waals surface area contributed by atoms with Gasteiger partial charge in [-0.2, -0.15) is 0 Å². The summed E-state index contributed by atoms with van der Waals surface area (Å²) in [6.07, 6.45) is 1.68. The number of carboxylic acid groups (broad SMARTS) is 1. The number of rotatable bonds is 9. The number of carbonyl (C=O) groups excluding carboxylic acids is 3. The molecular weight excluding hydrogens is 354 g/mol. The van der Waals surface area contributed by atoms with Crippen LogP contribution in [0.15, 0.2) is 0 Å². The second kappa shape index (κ2) is 8.69. The highest BCUT2D eigenvalue weighted by Crippen LogP contribution is 2.34. The summed E-state index contributed by atoms with van der Waals surface area (Å²) in [5.74, 6) is -2.78. The third kappa shape index (κ3) is 4.77. The van der Waals surface area contributed by atoms with Gasteiger partial charge in [-0.05, 0) is 38.0 Å². The third-order valence-electron chi connectivity index (χ3n) is 5.67. The summed E-state index contributed by atoms with van der Waals surface area (Å²) in [4.78, 5) is 47.2. The maximum Gasteiger partial charge on any atom is 0.326 e. The van der Waals surface area contributed by atoms with Gasteiger partial charge in [-0.1, -0.05) is 20.3 Å². The molecule has 0 radical (unpaired) electrons. The number of aliphatic carboxylic acids is 1. The topological polar surface area (TPSA) is 148 Å². The van der Waals surface area contributed by atoms with Crippen LogP contribution in [0, 0.1) is 17.8 Å². The number of cyclic esters (lactones) is 1. The van der Waals surface area contributed by atoms with Crippen LogP contribution < -0.4 is 16.4 Å². The Morgan fingerprint density at radius 3 is 2.41 bits per heavy atom. The zero-order valence-electron chi connectivity index (χ0n) is 15.9. The molecule has 9 nitrogen and oxygen atoms in total. The Morgan fingerprint density at radius 1 is 1.30 bits per heavy atom. The summed E-state index contributed by atoms with van der Waals surface area (Å²) in [5, 5.41) is 14.6. The quantitative estimate of drug-likeness (QED) is 0.402. The lowest BCUT2D eigenvalue weighted by molar-refractivity contribution is -0.193. The third-order valence-corrected chi connectivity index (χ3v) is 5.67. The average molecular weight is 383 g/mol. The molecule has 2 amide bonds. The van der Waals surface area contributed by atoms with Gasteiger partial charge in [0.15, 0.2) is 6.10 Å². The highest BCUT2D eigenvalue weighted by atomic mass is 16.6. The zero-order valence-corrected chi connectivity index (χ0v) is 15.9. The number of nitrogens with two attached hydrogens (primary N) is 1. The van der Waals surface area contributed by atoms with Gasteiger partial charge in [0.25, 0.3) is 5.91 Å². The predicted octanol–water partition coefficient (Wildman–Crippen LogP) is -0.224. The van der Waals surface area contributed by atoms with Gasteiger partial charge in [0.1, 0.15) is 12.0 Å². The van der Waals surface area contributed by atoms with Crippen LogP contribution in [0.5, 0.6) is 0 Å². The van der Waals surface area contributed by atoms with Crippen molar-refractivity contribution in [3.8, 4) is 0 Å². The van der Waals surface area contributed by atoms with Crippen LogP contribution in [0.3, 0.4) is 0 Å². The summed E-state index contributed by atoms with van der Waals surface area (Å²) in [7, 11) is 0. The predicted molar refractivity (Wildman–Crippen MR) is 95.3 cm³/mol. The van der Waals surface area contributed by atoms with E-state index in [1.807, 2.05) is 13.8 Å². The number of amides is 2. The Balaban J connectivity index is 1.89. The lowest BCUT2D eigenvalue weighted by atomic mass is 9.75. The van der Waals surface area contributed by atoms with Gasteiger partial charge < -0.3 is 26.2 Å². The van der Waals surface area contributed by atoms with E-state index in [1.54, 1.807) is 0 Å². The number of hydrogen-bond donors (Lipinski definition) is 4. The smallest absolute Gasteiger partial charge is 0.326 e. The van der Waals surface area contributed by atoms with Crippen LogP contribution >= 0.6 is 0 Å². The molecule has 0 unspecified atom stereocenters. The van der Waals surface area contributed by atoms with E-state index in [-0.39, 0.29) is 36.2 Å². The molecule has 7 atom stereocenters. The Bertz CT molecular complexity index is 608. The van der Waals surface area contributed by atoms with Crippen molar-refractivity contribution in [2.45, 2.75) is 70.7 Å². The van der Waals surface area contributed by atoms with Crippen molar-refractivity contribution in [2.24, 2.45) is 23.5 Å². The first-order chi connectivity index (χ1) is 12.6. The normalized spacial score (nSPS) is 30.0. The Hall–Kier alpha value is -2.16. The molecular formula is C18H29N3O6. The average Bonchev–Trinajstić information content (AvgIpc) is 2.58. The molecule has 1 aliphatic carbocycles. The van der Waals surface area contributed by atoms with Gasteiger partial charge in [-0.15, -0.1) is 0 Å². The van der Waals surface area contributed by atoms with E-state index < -0.39 is 36.0 Å². The van der Waals surface area contributed by atoms with Crippen molar-refractivity contribution >= 4 is 23.8 Å². The highest BCUT2D eigenvalue weighted by Gasteiger charge is 2.50. The lowest BCUT2D eigenvalue weighted by Gasteiger charge is -2.42. The van der Waals surface area contributed by atoms with Crippen molar-refractivity contribution in [3.05, 3.63) is 0 Å². The molecule has 2 aliphatic rings. The van der Waals surface area contributed by atoms with E-state index in [1.165, 1.54) is 6.92 Å². The minimum absolute atomic E-state index is 0.0593. The maximum atomic E-state index is 12.4. The molecule has 2 rings (SSSR count).